The first-order valence-corrected chi connectivity index (χ1v) is 8.87. The van der Waals surface area contributed by atoms with E-state index < -0.39 is 0 Å². The molecule has 2 aromatic heterocycles. The lowest BCUT2D eigenvalue weighted by molar-refractivity contribution is 0.0707. The van der Waals surface area contributed by atoms with Gasteiger partial charge < -0.3 is 15.6 Å². The quantitative estimate of drug-likeness (QED) is 0.666. The number of halogens is 3. The Kier molecular flexibility index (Phi) is 7.41. The van der Waals surface area contributed by atoms with Gasteiger partial charge in [0.1, 0.15) is 17.2 Å². The Balaban J connectivity index is 0.00000140. The Hall–Kier alpha value is -2.15. The Morgan fingerprint density at radius 3 is 2.64 bits per heavy atom. The molecular weight excluding hydrogens is 402 g/mol. The van der Waals surface area contributed by atoms with Crippen molar-refractivity contribution in [2.75, 3.05) is 13.1 Å². The molecule has 1 fully saturated rings. The molecular formula is C20H23Cl2FN4O. The summed E-state index contributed by atoms with van der Waals surface area (Å²) in [5.74, 6) is -0.0961. The van der Waals surface area contributed by atoms with Crippen LogP contribution < -0.4 is 5.73 Å². The lowest BCUT2D eigenvalue weighted by Gasteiger charge is -2.32. The maximum atomic E-state index is 14.2. The number of hydrogen-bond donors (Lipinski definition) is 2. The fourth-order valence-electron chi connectivity index (χ4n) is 3.67. The summed E-state index contributed by atoms with van der Waals surface area (Å²) in [6, 6.07) is 10.7. The summed E-state index contributed by atoms with van der Waals surface area (Å²) in [5.41, 5.74) is 8.59. The lowest BCUT2D eigenvalue weighted by atomic mass is 9.88. The molecule has 3 aromatic rings. The number of nitrogens with two attached hydrogens (primary N) is 1. The summed E-state index contributed by atoms with van der Waals surface area (Å²) in [7, 11) is 0. The van der Waals surface area contributed by atoms with Crippen molar-refractivity contribution in [3.8, 4) is 0 Å². The highest BCUT2D eigenvalue weighted by Gasteiger charge is 2.27. The number of aromatic nitrogens is 2. The minimum Gasteiger partial charge on any atom is -0.337 e. The van der Waals surface area contributed by atoms with E-state index in [0.29, 0.717) is 31.0 Å². The number of nitrogens with zero attached hydrogens (tertiary/aromatic N) is 2. The predicted octanol–water partition coefficient (Wildman–Crippen LogP) is 4.02. The number of likely N-dealkylation sites (tertiary alicyclic amines) is 1. The minimum atomic E-state index is -0.186. The van der Waals surface area contributed by atoms with Crippen LogP contribution in [0.25, 0.3) is 11.0 Å². The molecule has 0 radical (unpaired) electrons. The topological polar surface area (TPSA) is 75.0 Å². The first-order chi connectivity index (χ1) is 12.7. The van der Waals surface area contributed by atoms with Crippen molar-refractivity contribution in [2.45, 2.75) is 25.3 Å². The van der Waals surface area contributed by atoms with Crippen LogP contribution in [0.15, 0.2) is 42.6 Å². The first kappa shape index (κ1) is 22.1. The summed E-state index contributed by atoms with van der Waals surface area (Å²) < 4.78 is 14.2. The van der Waals surface area contributed by atoms with Crippen molar-refractivity contribution < 1.29 is 9.18 Å². The summed E-state index contributed by atoms with van der Waals surface area (Å²) in [5, 5.41) is 0.923. The van der Waals surface area contributed by atoms with E-state index in [9.17, 15) is 9.18 Å². The number of carbonyl (C=O) groups excluding carboxylic acids is 1. The van der Waals surface area contributed by atoms with E-state index in [1.807, 2.05) is 29.2 Å². The molecule has 3 heterocycles. The Morgan fingerprint density at radius 2 is 1.96 bits per heavy atom. The summed E-state index contributed by atoms with van der Waals surface area (Å²) >= 11 is 0. The van der Waals surface area contributed by atoms with Gasteiger partial charge in [0.2, 0.25) is 0 Å². The average Bonchev–Trinajstić information content (AvgIpc) is 3.12. The molecule has 4 rings (SSSR count). The highest BCUT2D eigenvalue weighted by Crippen LogP contribution is 2.31. The van der Waals surface area contributed by atoms with E-state index in [0.717, 1.165) is 29.4 Å². The maximum absolute atomic E-state index is 14.2. The second kappa shape index (κ2) is 9.37. The lowest BCUT2D eigenvalue weighted by Crippen LogP contribution is -2.38. The molecule has 28 heavy (non-hydrogen) atoms. The number of rotatable bonds is 3. The van der Waals surface area contributed by atoms with Crippen LogP contribution >= 0.6 is 24.8 Å². The standard InChI is InChI=1S/C20H21FN4O.2ClH/c21-17-4-3-13(12-22)10-16(17)14-5-8-25(9-6-14)20(26)18-11-15-2-1-7-23-19(15)24-18;;/h1-4,7,10-11,14H,5-6,8-9,12,22H2,(H,23,24);2*1H. The maximum Gasteiger partial charge on any atom is 0.270 e. The van der Waals surface area contributed by atoms with Gasteiger partial charge in [0, 0.05) is 31.2 Å². The van der Waals surface area contributed by atoms with Crippen molar-refractivity contribution in [1.29, 1.82) is 0 Å². The number of amides is 1. The molecule has 150 valence electrons. The second-order valence-corrected chi connectivity index (χ2v) is 6.75. The van der Waals surface area contributed by atoms with Crippen LogP contribution in [-0.4, -0.2) is 33.9 Å². The van der Waals surface area contributed by atoms with Crippen LogP contribution in [0.4, 0.5) is 4.39 Å². The first-order valence-electron chi connectivity index (χ1n) is 8.87. The highest BCUT2D eigenvalue weighted by molar-refractivity contribution is 5.97. The molecule has 5 nitrogen and oxygen atoms in total. The number of hydrogen-bond acceptors (Lipinski definition) is 3. The van der Waals surface area contributed by atoms with Crippen molar-refractivity contribution >= 4 is 41.8 Å². The third-order valence-electron chi connectivity index (χ3n) is 5.14. The van der Waals surface area contributed by atoms with Gasteiger partial charge in [0.15, 0.2) is 0 Å². The van der Waals surface area contributed by atoms with Gasteiger partial charge in [-0.25, -0.2) is 9.37 Å². The van der Waals surface area contributed by atoms with Gasteiger partial charge in [-0.3, -0.25) is 4.79 Å². The predicted molar refractivity (Wildman–Crippen MR) is 113 cm³/mol. The summed E-state index contributed by atoms with van der Waals surface area (Å²) in [6.07, 6.45) is 3.19. The zero-order valence-corrected chi connectivity index (χ0v) is 16.9. The summed E-state index contributed by atoms with van der Waals surface area (Å²) in [4.78, 5) is 21.9. The minimum absolute atomic E-state index is 0. The number of benzene rings is 1. The largest absolute Gasteiger partial charge is 0.337 e. The molecule has 0 unspecified atom stereocenters. The van der Waals surface area contributed by atoms with Crippen LogP contribution in [0.2, 0.25) is 0 Å². The smallest absolute Gasteiger partial charge is 0.270 e. The SMILES string of the molecule is Cl.Cl.NCc1ccc(F)c(C2CCN(C(=O)c3cc4cccnc4[nH]3)CC2)c1. The third kappa shape index (κ3) is 4.29. The zero-order chi connectivity index (χ0) is 18.1. The Bertz CT molecular complexity index is 921. The second-order valence-electron chi connectivity index (χ2n) is 6.75. The fourth-order valence-corrected chi connectivity index (χ4v) is 3.67. The molecule has 1 aliphatic heterocycles. The number of fused-ring (bicyclic) bond motifs is 1. The van der Waals surface area contributed by atoms with Gasteiger partial charge in [0.25, 0.3) is 5.91 Å². The molecule has 0 aliphatic carbocycles. The zero-order valence-electron chi connectivity index (χ0n) is 15.2. The molecule has 1 aromatic carbocycles. The highest BCUT2D eigenvalue weighted by atomic mass is 35.5. The average molecular weight is 425 g/mol. The van der Waals surface area contributed by atoms with Crippen LogP contribution in [-0.2, 0) is 6.54 Å². The van der Waals surface area contributed by atoms with Gasteiger partial charge in [0.05, 0.1) is 0 Å². The van der Waals surface area contributed by atoms with E-state index in [1.54, 1.807) is 12.3 Å². The van der Waals surface area contributed by atoms with Crippen LogP contribution in [0.5, 0.6) is 0 Å². The van der Waals surface area contributed by atoms with E-state index in [4.69, 9.17) is 5.73 Å². The number of carbonyl (C=O) groups is 1. The van der Waals surface area contributed by atoms with Crippen molar-refractivity contribution in [1.82, 2.24) is 14.9 Å². The van der Waals surface area contributed by atoms with Crippen LogP contribution in [0, 0.1) is 5.82 Å². The van der Waals surface area contributed by atoms with Crippen LogP contribution in [0.1, 0.15) is 40.4 Å². The molecule has 1 amide bonds. The van der Waals surface area contributed by atoms with Gasteiger partial charge in [-0.15, -0.1) is 24.8 Å². The van der Waals surface area contributed by atoms with E-state index in [1.165, 1.54) is 6.07 Å². The molecule has 0 atom stereocenters. The van der Waals surface area contributed by atoms with Crippen molar-refractivity contribution in [2.24, 2.45) is 5.73 Å². The fraction of sp³-hybridized carbons (Fsp3) is 0.300. The van der Waals surface area contributed by atoms with E-state index in [2.05, 4.69) is 9.97 Å². The molecule has 8 heteroatoms. The van der Waals surface area contributed by atoms with Gasteiger partial charge in [-0.05, 0) is 54.2 Å². The third-order valence-corrected chi connectivity index (χ3v) is 5.14. The van der Waals surface area contributed by atoms with Crippen molar-refractivity contribution in [3.05, 3.63) is 65.2 Å². The molecule has 0 saturated carbocycles. The monoisotopic (exact) mass is 424 g/mol. The molecule has 1 saturated heterocycles. The van der Waals surface area contributed by atoms with E-state index in [-0.39, 0.29) is 42.5 Å². The molecule has 0 bridgehead atoms. The molecule has 0 spiro atoms. The Morgan fingerprint density at radius 1 is 1.21 bits per heavy atom. The number of nitrogens with one attached hydrogen (secondary N) is 1. The number of piperidine rings is 1. The van der Waals surface area contributed by atoms with Crippen molar-refractivity contribution in [3.63, 3.8) is 0 Å². The number of pyridine rings is 1. The van der Waals surface area contributed by atoms with Gasteiger partial charge in [-0.1, -0.05) is 12.1 Å². The normalized spacial score (nSPS) is 14.4. The Labute approximate surface area is 175 Å². The van der Waals surface area contributed by atoms with Gasteiger partial charge in [-0.2, -0.15) is 0 Å². The number of aromatic amines is 1. The number of H-pyrrole nitrogens is 1. The van der Waals surface area contributed by atoms with E-state index >= 15 is 0 Å². The molecule has 3 N–H and O–H groups in total. The van der Waals surface area contributed by atoms with Crippen LogP contribution in [0.3, 0.4) is 0 Å². The molecule has 1 aliphatic rings. The summed E-state index contributed by atoms with van der Waals surface area (Å²) in [6.45, 7) is 1.62. The van der Waals surface area contributed by atoms with Gasteiger partial charge >= 0.3 is 0 Å².